The van der Waals surface area contributed by atoms with Crippen molar-refractivity contribution in [2.24, 2.45) is 0 Å². The van der Waals surface area contributed by atoms with E-state index in [-0.39, 0.29) is 22.1 Å². The highest BCUT2D eigenvalue weighted by Gasteiger charge is 2.20. The number of sulfone groups is 1. The fourth-order valence-electron chi connectivity index (χ4n) is 3.11. The predicted octanol–water partition coefficient (Wildman–Crippen LogP) is 2.52. The molecule has 1 fully saturated rings. The Labute approximate surface area is 145 Å². The number of nitrogens with one attached hydrogen (secondary N) is 2. The van der Waals surface area contributed by atoms with Crippen molar-refractivity contribution in [3.8, 4) is 0 Å². The summed E-state index contributed by atoms with van der Waals surface area (Å²) in [6.07, 6.45) is 7.57. The molecule has 0 heterocycles. The summed E-state index contributed by atoms with van der Waals surface area (Å²) in [5.41, 5.74) is 0.230. The molecule has 1 aliphatic carbocycles. The van der Waals surface area contributed by atoms with E-state index in [1.54, 1.807) is 25.1 Å². The van der Waals surface area contributed by atoms with Gasteiger partial charge in [0.05, 0.1) is 16.2 Å². The van der Waals surface area contributed by atoms with Crippen molar-refractivity contribution < 1.29 is 13.2 Å². The zero-order valence-electron chi connectivity index (χ0n) is 14.4. The molecule has 2 rings (SSSR count). The number of hydrogen-bond donors (Lipinski definition) is 2. The lowest BCUT2D eigenvalue weighted by Crippen LogP contribution is -2.37. The van der Waals surface area contributed by atoms with Crippen LogP contribution in [0.5, 0.6) is 0 Å². The van der Waals surface area contributed by atoms with Gasteiger partial charge in [0.15, 0.2) is 9.84 Å². The maximum Gasteiger partial charge on any atom is 0.252 e. The van der Waals surface area contributed by atoms with Crippen LogP contribution in [0.25, 0.3) is 0 Å². The molecule has 1 amide bonds. The van der Waals surface area contributed by atoms with Gasteiger partial charge < -0.3 is 10.6 Å². The van der Waals surface area contributed by atoms with E-state index in [1.807, 2.05) is 0 Å². The first-order chi connectivity index (χ1) is 11.5. The van der Waals surface area contributed by atoms with E-state index in [0.29, 0.717) is 19.1 Å². The fourth-order valence-corrected chi connectivity index (χ4v) is 4.20. The van der Waals surface area contributed by atoms with Gasteiger partial charge in [0.25, 0.3) is 5.91 Å². The second-order valence-corrected chi connectivity index (χ2v) is 8.54. The highest BCUT2D eigenvalue weighted by atomic mass is 32.2. The summed E-state index contributed by atoms with van der Waals surface area (Å²) in [6, 6.07) is 6.94. The number of carbonyl (C=O) groups is 1. The van der Waals surface area contributed by atoms with Gasteiger partial charge in [-0.2, -0.15) is 0 Å². The standard InChI is InChI=1S/C18H28N2O3S/c1-2-24(22,23)17-12-8-7-11-16(17)18(21)20-14-13-19-15-9-5-3-4-6-10-15/h7-8,11-12,15,19H,2-6,9-10,13-14H2,1H3,(H,20,21). The van der Waals surface area contributed by atoms with Gasteiger partial charge in [-0.3, -0.25) is 4.79 Å². The van der Waals surface area contributed by atoms with Crippen LogP contribution < -0.4 is 10.6 Å². The third-order valence-corrected chi connectivity index (χ3v) is 6.33. The molecule has 1 saturated carbocycles. The minimum Gasteiger partial charge on any atom is -0.351 e. The van der Waals surface area contributed by atoms with Crippen LogP contribution in [0.3, 0.4) is 0 Å². The average Bonchev–Trinajstić information content (AvgIpc) is 2.87. The Hall–Kier alpha value is -1.40. The van der Waals surface area contributed by atoms with Gasteiger partial charge in [-0.05, 0) is 25.0 Å². The summed E-state index contributed by atoms with van der Waals surface area (Å²) in [5.74, 6) is -0.342. The minimum absolute atomic E-state index is 0.0134. The zero-order valence-corrected chi connectivity index (χ0v) is 15.2. The van der Waals surface area contributed by atoms with Crippen molar-refractivity contribution in [1.82, 2.24) is 10.6 Å². The van der Waals surface area contributed by atoms with Gasteiger partial charge in [0, 0.05) is 19.1 Å². The molecule has 1 aromatic carbocycles. The number of benzene rings is 1. The van der Waals surface area contributed by atoms with Gasteiger partial charge in [-0.25, -0.2) is 8.42 Å². The SMILES string of the molecule is CCS(=O)(=O)c1ccccc1C(=O)NCCNC1CCCCCC1. The van der Waals surface area contributed by atoms with Crippen LogP contribution in [0.1, 0.15) is 55.8 Å². The van der Waals surface area contributed by atoms with Crippen molar-refractivity contribution in [1.29, 1.82) is 0 Å². The molecule has 6 heteroatoms. The molecule has 24 heavy (non-hydrogen) atoms. The molecule has 0 atom stereocenters. The first-order valence-corrected chi connectivity index (χ1v) is 10.5. The molecule has 0 aliphatic heterocycles. The predicted molar refractivity (Wildman–Crippen MR) is 96.0 cm³/mol. The smallest absolute Gasteiger partial charge is 0.252 e. The molecule has 134 valence electrons. The molecule has 1 aromatic rings. The van der Waals surface area contributed by atoms with E-state index in [1.165, 1.54) is 44.6 Å². The van der Waals surface area contributed by atoms with Gasteiger partial charge in [-0.15, -0.1) is 0 Å². The normalized spacial score (nSPS) is 16.5. The lowest BCUT2D eigenvalue weighted by Gasteiger charge is -2.16. The molecule has 2 N–H and O–H groups in total. The van der Waals surface area contributed by atoms with E-state index in [2.05, 4.69) is 10.6 Å². The second kappa shape index (κ2) is 9.18. The van der Waals surface area contributed by atoms with E-state index in [9.17, 15) is 13.2 Å². The molecule has 5 nitrogen and oxygen atoms in total. The van der Waals surface area contributed by atoms with Crippen LogP contribution in [0.4, 0.5) is 0 Å². The van der Waals surface area contributed by atoms with E-state index >= 15 is 0 Å². The molecule has 1 aliphatic rings. The van der Waals surface area contributed by atoms with Crippen LogP contribution in [-0.2, 0) is 9.84 Å². The Morgan fingerprint density at radius 1 is 1.08 bits per heavy atom. The van der Waals surface area contributed by atoms with Crippen LogP contribution in [0, 0.1) is 0 Å². The van der Waals surface area contributed by atoms with E-state index < -0.39 is 9.84 Å². The van der Waals surface area contributed by atoms with Gasteiger partial charge in [-0.1, -0.05) is 44.7 Å². The number of carbonyl (C=O) groups excluding carboxylic acids is 1. The second-order valence-electron chi connectivity index (χ2n) is 6.30. The summed E-state index contributed by atoms with van der Waals surface area (Å²) in [6.45, 7) is 2.79. The maximum atomic E-state index is 12.3. The fraction of sp³-hybridized carbons (Fsp3) is 0.611. The summed E-state index contributed by atoms with van der Waals surface area (Å²) >= 11 is 0. The molecular formula is C18H28N2O3S. The highest BCUT2D eigenvalue weighted by Crippen LogP contribution is 2.18. The van der Waals surface area contributed by atoms with Crippen molar-refractivity contribution in [3.63, 3.8) is 0 Å². The van der Waals surface area contributed by atoms with E-state index in [0.717, 1.165) is 0 Å². The number of rotatable bonds is 7. The zero-order chi connectivity index (χ0) is 17.4. The third-order valence-electron chi connectivity index (χ3n) is 4.55. The van der Waals surface area contributed by atoms with Crippen LogP contribution in [0.15, 0.2) is 29.2 Å². The van der Waals surface area contributed by atoms with Crippen molar-refractivity contribution in [2.75, 3.05) is 18.8 Å². The Kier molecular flexibility index (Phi) is 7.24. The van der Waals surface area contributed by atoms with Gasteiger partial charge in [0.2, 0.25) is 0 Å². The van der Waals surface area contributed by atoms with Gasteiger partial charge >= 0.3 is 0 Å². The molecular weight excluding hydrogens is 324 g/mol. The topological polar surface area (TPSA) is 75.3 Å². The Morgan fingerprint density at radius 3 is 2.42 bits per heavy atom. The largest absolute Gasteiger partial charge is 0.351 e. The lowest BCUT2D eigenvalue weighted by molar-refractivity contribution is 0.0950. The Balaban J connectivity index is 1.87. The molecule has 0 saturated heterocycles. The first kappa shape index (κ1) is 18.9. The van der Waals surface area contributed by atoms with Crippen molar-refractivity contribution >= 4 is 15.7 Å². The quantitative estimate of drug-likeness (QED) is 0.584. The van der Waals surface area contributed by atoms with Gasteiger partial charge in [0.1, 0.15) is 0 Å². The first-order valence-electron chi connectivity index (χ1n) is 8.88. The Bertz CT molecular complexity index is 635. The molecule has 0 unspecified atom stereocenters. The monoisotopic (exact) mass is 352 g/mol. The Morgan fingerprint density at radius 2 is 1.75 bits per heavy atom. The van der Waals surface area contributed by atoms with Crippen molar-refractivity contribution in [3.05, 3.63) is 29.8 Å². The average molecular weight is 353 g/mol. The number of amides is 1. The summed E-state index contributed by atoms with van der Waals surface area (Å²) in [4.78, 5) is 12.4. The maximum absolute atomic E-state index is 12.3. The molecule has 0 aromatic heterocycles. The van der Waals surface area contributed by atoms with Crippen LogP contribution in [-0.4, -0.2) is 39.2 Å². The minimum atomic E-state index is -3.40. The van der Waals surface area contributed by atoms with Crippen LogP contribution in [0.2, 0.25) is 0 Å². The summed E-state index contributed by atoms with van der Waals surface area (Å²) < 4.78 is 24.2. The number of hydrogen-bond acceptors (Lipinski definition) is 4. The summed E-state index contributed by atoms with van der Waals surface area (Å²) in [7, 11) is -3.40. The lowest BCUT2D eigenvalue weighted by atomic mass is 10.1. The molecule has 0 spiro atoms. The van der Waals surface area contributed by atoms with Crippen LogP contribution >= 0.6 is 0 Å². The summed E-state index contributed by atoms with van der Waals surface area (Å²) in [5, 5.41) is 6.32. The third kappa shape index (κ3) is 5.31. The molecule has 0 bridgehead atoms. The highest BCUT2D eigenvalue weighted by molar-refractivity contribution is 7.91. The van der Waals surface area contributed by atoms with Crippen molar-refractivity contribution in [2.45, 2.75) is 56.4 Å². The van der Waals surface area contributed by atoms with E-state index in [4.69, 9.17) is 0 Å². The molecule has 0 radical (unpaired) electrons.